The van der Waals surface area contributed by atoms with Crippen LogP contribution in [0.5, 0.6) is 0 Å². The molecule has 0 heterocycles. The van der Waals surface area contributed by atoms with Crippen LogP contribution < -0.4 is 0 Å². The maximum absolute atomic E-state index is 9.01. The second-order valence-corrected chi connectivity index (χ2v) is 3.38. The molecular formula is C10H11BrO. The predicted octanol–water partition coefficient (Wildman–Crippen LogP) is 2.67. The third kappa shape index (κ3) is 1.96. The summed E-state index contributed by atoms with van der Waals surface area (Å²) in [6, 6.07) is 5.81. The zero-order valence-electron chi connectivity index (χ0n) is 6.76. The minimum Gasteiger partial charge on any atom is -0.392 e. The maximum atomic E-state index is 9.01. The first-order valence-electron chi connectivity index (χ1n) is 3.77. The van der Waals surface area contributed by atoms with E-state index >= 15 is 0 Å². The molecule has 2 heteroatoms. The number of aliphatic hydroxyl groups is 1. The van der Waals surface area contributed by atoms with Gasteiger partial charge in [0.2, 0.25) is 0 Å². The Morgan fingerprint density at radius 3 is 2.83 bits per heavy atom. The van der Waals surface area contributed by atoms with Gasteiger partial charge in [-0.25, -0.2) is 0 Å². The zero-order valence-corrected chi connectivity index (χ0v) is 8.34. The van der Waals surface area contributed by atoms with Crippen molar-refractivity contribution in [1.29, 1.82) is 0 Å². The van der Waals surface area contributed by atoms with Crippen molar-refractivity contribution in [3.05, 3.63) is 46.5 Å². The van der Waals surface area contributed by atoms with E-state index in [1.165, 1.54) is 0 Å². The van der Waals surface area contributed by atoms with Crippen LogP contribution in [-0.4, -0.2) is 5.11 Å². The minimum atomic E-state index is 0.0859. The third-order valence-electron chi connectivity index (χ3n) is 1.73. The quantitative estimate of drug-likeness (QED) is 0.787. The van der Waals surface area contributed by atoms with Crippen LogP contribution in [0.4, 0.5) is 0 Å². The van der Waals surface area contributed by atoms with Crippen LogP contribution >= 0.6 is 15.9 Å². The first-order valence-corrected chi connectivity index (χ1v) is 4.57. The van der Waals surface area contributed by atoms with Crippen LogP contribution in [0.25, 0.3) is 0 Å². The lowest BCUT2D eigenvalue weighted by Crippen LogP contribution is -1.93. The summed E-state index contributed by atoms with van der Waals surface area (Å²) >= 11 is 3.43. The molecule has 0 radical (unpaired) electrons. The van der Waals surface area contributed by atoms with Crippen molar-refractivity contribution in [2.45, 2.75) is 13.0 Å². The van der Waals surface area contributed by atoms with Crippen molar-refractivity contribution in [2.75, 3.05) is 0 Å². The van der Waals surface area contributed by atoms with E-state index in [9.17, 15) is 0 Å². The molecule has 12 heavy (non-hydrogen) atoms. The standard InChI is InChI=1S/C10H11BrO/c1-2-4-9-8(7-12)5-3-6-10(9)11/h2-3,5-6,12H,1,4,7H2. The van der Waals surface area contributed by atoms with Crippen molar-refractivity contribution < 1.29 is 5.11 Å². The van der Waals surface area contributed by atoms with Crippen molar-refractivity contribution >= 4 is 15.9 Å². The average Bonchev–Trinajstić information content (AvgIpc) is 2.09. The maximum Gasteiger partial charge on any atom is 0.0685 e. The van der Waals surface area contributed by atoms with Gasteiger partial charge in [0.1, 0.15) is 0 Å². The Morgan fingerprint density at radius 1 is 1.50 bits per heavy atom. The van der Waals surface area contributed by atoms with Crippen LogP contribution in [0.15, 0.2) is 35.3 Å². The molecule has 64 valence electrons. The first-order chi connectivity index (χ1) is 5.79. The topological polar surface area (TPSA) is 20.2 Å². The van der Waals surface area contributed by atoms with E-state index in [1.54, 1.807) is 0 Å². The van der Waals surface area contributed by atoms with Gasteiger partial charge in [-0.2, -0.15) is 0 Å². The highest BCUT2D eigenvalue weighted by molar-refractivity contribution is 9.10. The molecule has 0 aromatic heterocycles. The Hall–Kier alpha value is -0.600. The molecule has 1 rings (SSSR count). The summed E-state index contributed by atoms with van der Waals surface area (Å²) in [5, 5.41) is 9.01. The third-order valence-corrected chi connectivity index (χ3v) is 2.48. The summed E-state index contributed by atoms with van der Waals surface area (Å²) in [6.45, 7) is 3.76. The molecule has 0 atom stereocenters. The second-order valence-electron chi connectivity index (χ2n) is 2.53. The molecule has 0 unspecified atom stereocenters. The number of benzene rings is 1. The highest BCUT2D eigenvalue weighted by atomic mass is 79.9. The molecule has 0 saturated heterocycles. The molecule has 0 aliphatic rings. The van der Waals surface area contributed by atoms with E-state index in [2.05, 4.69) is 22.5 Å². The normalized spacial score (nSPS) is 9.83. The summed E-state index contributed by atoms with van der Waals surface area (Å²) in [5.41, 5.74) is 2.08. The van der Waals surface area contributed by atoms with Gasteiger partial charge in [0.15, 0.2) is 0 Å². The lowest BCUT2D eigenvalue weighted by molar-refractivity contribution is 0.280. The lowest BCUT2D eigenvalue weighted by atomic mass is 10.1. The first kappa shape index (κ1) is 9.49. The van der Waals surface area contributed by atoms with Gasteiger partial charge < -0.3 is 5.11 Å². The molecule has 0 amide bonds. The van der Waals surface area contributed by atoms with Crippen LogP contribution in [0.3, 0.4) is 0 Å². The van der Waals surface area contributed by atoms with Gasteiger partial charge in [0.05, 0.1) is 6.61 Å². The van der Waals surface area contributed by atoms with Crippen molar-refractivity contribution in [2.24, 2.45) is 0 Å². The molecule has 0 saturated carbocycles. The minimum absolute atomic E-state index is 0.0859. The fourth-order valence-corrected chi connectivity index (χ4v) is 1.69. The molecule has 0 aliphatic carbocycles. The van der Waals surface area contributed by atoms with E-state index in [1.807, 2.05) is 24.3 Å². The number of halogens is 1. The highest BCUT2D eigenvalue weighted by Crippen LogP contribution is 2.21. The van der Waals surface area contributed by atoms with Crippen molar-refractivity contribution in [3.8, 4) is 0 Å². The molecule has 0 spiro atoms. The molecule has 1 N–H and O–H groups in total. The van der Waals surface area contributed by atoms with Gasteiger partial charge in [-0.15, -0.1) is 6.58 Å². The SMILES string of the molecule is C=CCc1c(Br)cccc1CO. The predicted molar refractivity (Wildman–Crippen MR) is 54.0 cm³/mol. The summed E-state index contributed by atoms with van der Waals surface area (Å²) in [4.78, 5) is 0. The lowest BCUT2D eigenvalue weighted by Gasteiger charge is -2.06. The van der Waals surface area contributed by atoms with Crippen molar-refractivity contribution in [1.82, 2.24) is 0 Å². The summed E-state index contributed by atoms with van der Waals surface area (Å²) in [6.07, 6.45) is 2.62. The largest absolute Gasteiger partial charge is 0.392 e. The molecule has 0 aliphatic heterocycles. The Labute approximate surface area is 80.9 Å². The molecule has 1 aromatic rings. The molecule has 1 nitrogen and oxygen atoms in total. The van der Waals surface area contributed by atoms with E-state index in [4.69, 9.17) is 5.11 Å². The molecular weight excluding hydrogens is 216 g/mol. The van der Waals surface area contributed by atoms with E-state index in [0.29, 0.717) is 0 Å². The van der Waals surface area contributed by atoms with Gasteiger partial charge in [-0.1, -0.05) is 34.1 Å². The number of allylic oxidation sites excluding steroid dienone is 1. The van der Waals surface area contributed by atoms with Crippen LogP contribution in [0.2, 0.25) is 0 Å². The Morgan fingerprint density at radius 2 is 2.25 bits per heavy atom. The van der Waals surface area contributed by atoms with Gasteiger partial charge in [0.25, 0.3) is 0 Å². The fourth-order valence-electron chi connectivity index (χ4n) is 1.12. The summed E-state index contributed by atoms with van der Waals surface area (Å²) < 4.78 is 1.04. The Kier molecular flexibility index (Phi) is 3.50. The van der Waals surface area contributed by atoms with Gasteiger partial charge in [0, 0.05) is 4.47 Å². The van der Waals surface area contributed by atoms with E-state index in [0.717, 1.165) is 22.0 Å². The number of hydrogen-bond acceptors (Lipinski definition) is 1. The number of hydrogen-bond donors (Lipinski definition) is 1. The number of aliphatic hydroxyl groups excluding tert-OH is 1. The Balaban J connectivity index is 3.10. The zero-order chi connectivity index (χ0) is 8.97. The van der Waals surface area contributed by atoms with Gasteiger partial charge in [-0.05, 0) is 23.6 Å². The molecule has 0 bridgehead atoms. The van der Waals surface area contributed by atoms with Crippen LogP contribution in [0.1, 0.15) is 11.1 Å². The number of rotatable bonds is 3. The monoisotopic (exact) mass is 226 g/mol. The second kappa shape index (κ2) is 4.43. The van der Waals surface area contributed by atoms with Crippen molar-refractivity contribution in [3.63, 3.8) is 0 Å². The average molecular weight is 227 g/mol. The van der Waals surface area contributed by atoms with E-state index in [-0.39, 0.29) is 6.61 Å². The Bertz CT molecular complexity index is 281. The summed E-state index contributed by atoms with van der Waals surface area (Å²) in [7, 11) is 0. The highest BCUT2D eigenvalue weighted by Gasteiger charge is 2.02. The van der Waals surface area contributed by atoms with Gasteiger partial charge in [-0.3, -0.25) is 0 Å². The fraction of sp³-hybridized carbons (Fsp3) is 0.200. The summed E-state index contributed by atoms with van der Waals surface area (Å²) in [5.74, 6) is 0. The van der Waals surface area contributed by atoms with E-state index < -0.39 is 0 Å². The molecule has 1 aromatic carbocycles. The smallest absolute Gasteiger partial charge is 0.0685 e. The molecule has 0 fully saturated rings. The van der Waals surface area contributed by atoms with Gasteiger partial charge >= 0.3 is 0 Å². The van der Waals surface area contributed by atoms with Crippen LogP contribution in [0, 0.1) is 0 Å². The van der Waals surface area contributed by atoms with Crippen LogP contribution in [-0.2, 0) is 13.0 Å².